The molecule has 4 rings (SSSR count). The predicted octanol–water partition coefficient (Wildman–Crippen LogP) is 4.92. The van der Waals surface area contributed by atoms with Gasteiger partial charge in [0.15, 0.2) is 4.34 Å². The van der Waals surface area contributed by atoms with Crippen molar-refractivity contribution in [2.75, 3.05) is 12.4 Å². The van der Waals surface area contributed by atoms with Crippen LogP contribution in [-0.4, -0.2) is 26.8 Å². The number of fused-ring (bicyclic) bond motifs is 1. The minimum atomic E-state index is 0.698. The van der Waals surface area contributed by atoms with Gasteiger partial charge in [-0.2, -0.15) is 0 Å². The molecule has 0 aliphatic carbocycles. The Bertz CT molecular complexity index is 1030. The zero-order valence-corrected chi connectivity index (χ0v) is 16.4. The zero-order valence-electron chi connectivity index (χ0n) is 14.0. The third-order valence-corrected chi connectivity index (χ3v) is 6.22. The quantitative estimate of drug-likeness (QED) is 0.464. The highest BCUT2D eigenvalue weighted by Crippen LogP contribution is 2.30. The van der Waals surface area contributed by atoms with E-state index in [-0.39, 0.29) is 0 Å². The van der Waals surface area contributed by atoms with Gasteiger partial charge in [-0.1, -0.05) is 65.0 Å². The van der Waals surface area contributed by atoms with E-state index in [1.807, 2.05) is 31.3 Å². The van der Waals surface area contributed by atoms with Gasteiger partial charge in [0.2, 0.25) is 5.13 Å². The van der Waals surface area contributed by atoms with Crippen LogP contribution < -0.4 is 5.32 Å². The maximum Gasteiger partial charge on any atom is 0.206 e. The first-order valence-corrected chi connectivity index (χ1v) is 10.2. The molecule has 1 N–H and O–H groups in total. The van der Waals surface area contributed by atoms with E-state index in [0.717, 1.165) is 38.6 Å². The minimum absolute atomic E-state index is 0.698. The number of anilines is 1. The lowest BCUT2D eigenvalue weighted by Gasteiger charge is -2.09. The van der Waals surface area contributed by atoms with E-state index in [1.165, 1.54) is 5.56 Å². The molecule has 0 fully saturated rings. The first-order valence-electron chi connectivity index (χ1n) is 8.05. The second-order valence-electron chi connectivity index (χ2n) is 5.64. The molecule has 0 aliphatic rings. The van der Waals surface area contributed by atoms with E-state index in [9.17, 15) is 0 Å². The average Bonchev–Trinajstić information content (AvgIpc) is 3.25. The summed E-state index contributed by atoms with van der Waals surface area (Å²) in [6, 6.07) is 16.3. The van der Waals surface area contributed by atoms with E-state index in [0.29, 0.717) is 5.02 Å². The molecule has 0 bridgehead atoms. The molecule has 2 heterocycles. The van der Waals surface area contributed by atoms with Gasteiger partial charge in [0.05, 0.1) is 16.8 Å². The standard InChI is InChI=1S/C18H16ClN5S2/c1-20-17-22-23-18(26-17)25-11-16-21-14-9-13(19)7-8-15(14)24(16)10-12-5-3-2-4-6-12/h2-9H,10-11H2,1H3,(H,20,22). The van der Waals surface area contributed by atoms with Crippen molar-refractivity contribution in [2.45, 2.75) is 16.6 Å². The number of thioether (sulfide) groups is 1. The monoisotopic (exact) mass is 401 g/mol. The van der Waals surface area contributed by atoms with Gasteiger partial charge in [-0.05, 0) is 23.8 Å². The van der Waals surface area contributed by atoms with Gasteiger partial charge < -0.3 is 9.88 Å². The number of hydrogen-bond donors (Lipinski definition) is 1. The normalized spacial score (nSPS) is 11.2. The molecule has 0 atom stereocenters. The largest absolute Gasteiger partial charge is 0.363 e. The van der Waals surface area contributed by atoms with Crippen LogP contribution in [-0.2, 0) is 12.3 Å². The molecule has 0 aliphatic heterocycles. The molecule has 5 nitrogen and oxygen atoms in total. The Morgan fingerprint density at radius 1 is 1.15 bits per heavy atom. The summed E-state index contributed by atoms with van der Waals surface area (Å²) < 4.78 is 3.17. The van der Waals surface area contributed by atoms with Crippen LogP contribution in [0.2, 0.25) is 5.02 Å². The molecule has 0 amide bonds. The van der Waals surface area contributed by atoms with E-state index in [2.05, 4.69) is 44.3 Å². The number of halogens is 1. The second-order valence-corrected chi connectivity index (χ2v) is 8.28. The Kier molecular flexibility index (Phi) is 5.10. The molecule has 2 aromatic heterocycles. The van der Waals surface area contributed by atoms with Gasteiger partial charge in [-0.25, -0.2) is 4.98 Å². The molecule has 0 radical (unpaired) electrons. The highest BCUT2D eigenvalue weighted by molar-refractivity contribution is 8.00. The Morgan fingerprint density at radius 3 is 2.77 bits per heavy atom. The fourth-order valence-corrected chi connectivity index (χ4v) is 4.52. The first-order chi connectivity index (χ1) is 12.7. The zero-order chi connectivity index (χ0) is 17.9. The van der Waals surface area contributed by atoms with Gasteiger partial charge in [-0.3, -0.25) is 0 Å². The summed E-state index contributed by atoms with van der Waals surface area (Å²) in [6.07, 6.45) is 0. The predicted molar refractivity (Wildman–Crippen MR) is 109 cm³/mol. The molecule has 0 saturated heterocycles. The van der Waals surface area contributed by atoms with Crippen LogP contribution in [0.5, 0.6) is 0 Å². The smallest absolute Gasteiger partial charge is 0.206 e. The number of benzene rings is 2. The average molecular weight is 402 g/mol. The van der Waals surface area contributed by atoms with Gasteiger partial charge in [-0.15, -0.1) is 10.2 Å². The SMILES string of the molecule is CNc1nnc(SCc2nc3cc(Cl)ccc3n2Cc2ccccc2)s1. The van der Waals surface area contributed by atoms with Crippen molar-refractivity contribution in [1.82, 2.24) is 19.7 Å². The molecule has 132 valence electrons. The molecule has 0 spiro atoms. The first kappa shape index (κ1) is 17.3. The molecule has 4 aromatic rings. The van der Waals surface area contributed by atoms with Crippen LogP contribution in [0.25, 0.3) is 11.0 Å². The maximum atomic E-state index is 6.15. The number of imidazole rings is 1. The van der Waals surface area contributed by atoms with E-state index in [1.54, 1.807) is 23.1 Å². The molecular formula is C18H16ClN5S2. The molecule has 8 heteroatoms. The van der Waals surface area contributed by atoms with Crippen molar-refractivity contribution < 1.29 is 0 Å². The van der Waals surface area contributed by atoms with Gasteiger partial charge >= 0.3 is 0 Å². The lowest BCUT2D eigenvalue weighted by Crippen LogP contribution is -2.04. The fraction of sp³-hybridized carbons (Fsp3) is 0.167. The van der Waals surface area contributed by atoms with E-state index in [4.69, 9.17) is 16.6 Å². The number of rotatable bonds is 6. The van der Waals surface area contributed by atoms with Gasteiger partial charge in [0, 0.05) is 18.6 Å². The van der Waals surface area contributed by atoms with Gasteiger partial charge in [0.25, 0.3) is 0 Å². The van der Waals surface area contributed by atoms with Crippen molar-refractivity contribution in [3.63, 3.8) is 0 Å². The van der Waals surface area contributed by atoms with Crippen molar-refractivity contribution in [3.8, 4) is 0 Å². The van der Waals surface area contributed by atoms with Crippen molar-refractivity contribution in [2.24, 2.45) is 0 Å². The third kappa shape index (κ3) is 3.70. The van der Waals surface area contributed by atoms with Crippen LogP contribution in [0.1, 0.15) is 11.4 Å². The summed E-state index contributed by atoms with van der Waals surface area (Å²) in [5.41, 5.74) is 3.24. The third-order valence-electron chi connectivity index (χ3n) is 3.92. The Balaban J connectivity index is 1.66. The summed E-state index contributed by atoms with van der Waals surface area (Å²) >= 11 is 9.34. The minimum Gasteiger partial charge on any atom is -0.363 e. The van der Waals surface area contributed by atoms with Crippen LogP contribution in [0.3, 0.4) is 0 Å². The number of hydrogen-bond acceptors (Lipinski definition) is 6. The maximum absolute atomic E-state index is 6.15. The summed E-state index contributed by atoms with van der Waals surface area (Å²) in [6.45, 7) is 0.771. The molecule has 0 unspecified atom stereocenters. The lowest BCUT2D eigenvalue weighted by atomic mass is 10.2. The lowest BCUT2D eigenvalue weighted by molar-refractivity contribution is 0.780. The molecule has 0 saturated carbocycles. The highest BCUT2D eigenvalue weighted by Gasteiger charge is 2.13. The Labute approximate surface area is 164 Å². The highest BCUT2D eigenvalue weighted by atomic mass is 35.5. The topological polar surface area (TPSA) is 55.6 Å². The fourth-order valence-electron chi connectivity index (χ4n) is 2.70. The van der Waals surface area contributed by atoms with Crippen LogP contribution in [0.4, 0.5) is 5.13 Å². The molecule has 26 heavy (non-hydrogen) atoms. The molecular weight excluding hydrogens is 386 g/mol. The Morgan fingerprint density at radius 2 is 2.00 bits per heavy atom. The summed E-state index contributed by atoms with van der Waals surface area (Å²) in [5, 5.41) is 12.8. The van der Waals surface area contributed by atoms with Crippen molar-refractivity contribution >= 4 is 50.9 Å². The summed E-state index contributed by atoms with van der Waals surface area (Å²) in [4.78, 5) is 4.81. The van der Waals surface area contributed by atoms with Crippen molar-refractivity contribution in [1.29, 1.82) is 0 Å². The van der Waals surface area contributed by atoms with Crippen LogP contribution in [0, 0.1) is 0 Å². The van der Waals surface area contributed by atoms with Crippen LogP contribution >= 0.6 is 34.7 Å². The Hall–Kier alpha value is -2.09. The van der Waals surface area contributed by atoms with Crippen LogP contribution in [0.15, 0.2) is 52.9 Å². The van der Waals surface area contributed by atoms with E-state index >= 15 is 0 Å². The summed E-state index contributed by atoms with van der Waals surface area (Å²) in [7, 11) is 1.85. The number of aromatic nitrogens is 4. The van der Waals surface area contributed by atoms with Gasteiger partial charge in [0.1, 0.15) is 5.82 Å². The number of nitrogens with one attached hydrogen (secondary N) is 1. The summed E-state index contributed by atoms with van der Waals surface area (Å²) in [5.74, 6) is 1.72. The van der Waals surface area contributed by atoms with E-state index < -0.39 is 0 Å². The van der Waals surface area contributed by atoms with Crippen molar-refractivity contribution in [3.05, 3.63) is 64.9 Å². The second kappa shape index (κ2) is 7.65. The molecule has 2 aromatic carbocycles. The number of nitrogens with zero attached hydrogens (tertiary/aromatic N) is 4.